The average molecular weight is 556 g/mol. The maximum Gasteiger partial charge on any atom is 0.356 e. The lowest BCUT2D eigenvalue weighted by Gasteiger charge is -2.26. The lowest BCUT2D eigenvalue weighted by molar-refractivity contribution is 0.0336. The first-order valence-corrected chi connectivity index (χ1v) is 13.9. The van der Waals surface area contributed by atoms with E-state index in [9.17, 15) is 9.59 Å². The molecule has 1 aliphatic heterocycles. The summed E-state index contributed by atoms with van der Waals surface area (Å²) in [5.41, 5.74) is 5.14. The summed E-state index contributed by atoms with van der Waals surface area (Å²) in [7, 11) is 1.32. The fraction of sp³-hybridized carbons (Fsp3) is 0.344. The number of carbonyl (C=O) groups excluding carboxylic acids is 2. The maximum absolute atomic E-state index is 13.1. The Bertz CT molecular complexity index is 1530. The Labute approximate surface area is 240 Å². The van der Waals surface area contributed by atoms with Crippen molar-refractivity contribution in [1.29, 1.82) is 0 Å². The van der Waals surface area contributed by atoms with Gasteiger partial charge in [-0.25, -0.2) is 9.59 Å². The predicted molar refractivity (Wildman–Crippen MR) is 161 cm³/mol. The summed E-state index contributed by atoms with van der Waals surface area (Å²) >= 11 is 0. The molecule has 9 heteroatoms. The highest BCUT2D eigenvalue weighted by atomic mass is 16.5. The van der Waals surface area contributed by atoms with Crippen LogP contribution in [0.25, 0.3) is 21.9 Å². The smallest absolute Gasteiger partial charge is 0.356 e. The van der Waals surface area contributed by atoms with Crippen LogP contribution in [-0.4, -0.2) is 60.3 Å². The van der Waals surface area contributed by atoms with Gasteiger partial charge in [0.25, 0.3) is 0 Å². The molecule has 4 aromatic rings. The van der Waals surface area contributed by atoms with Crippen molar-refractivity contribution in [1.82, 2.24) is 14.9 Å². The third-order valence-electron chi connectivity index (χ3n) is 7.03. The maximum atomic E-state index is 13.1. The Morgan fingerprint density at radius 3 is 2.41 bits per heavy atom. The van der Waals surface area contributed by atoms with E-state index in [1.807, 2.05) is 42.6 Å². The van der Waals surface area contributed by atoms with Gasteiger partial charge in [0, 0.05) is 42.5 Å². The Morgan fingerprint density at radius 2 is 1.73 bits per heavy atom. The minimum Gasteiger partial charge on any atom is -0.464 e. The fourth-order valence-electron chi connectivity index (χ4n) is 5.14. The Hall–Kier alpha value is -4.21. The molecular weight excluding hydrogens is 518 g/mol. The van der Waals surface area contributed by atoms with Gasteiger partial charge in [0.05, 0.1) is 37.4 Å². The lowest BCUT2D eigenvalue weighted by Crippen LogP contribution is -2.35. The first kappa shape index (κ1) is 28.3. The molecule has 2 aromatic heterocycles. The minimum absolute atomic E-state index is 0.00296. The van der Waals surface area contributed by atoms with Crippen LogP contribution in [0.4, 0.5) is 16.2 Å². The van der Waals surface area contributed by atoms with E-state index < -0.39 is 12.0 Å². The molecular formula is C32H37N5O4. The normalized spacial score (nSPS) is 14.1. The van der Waals surface area contributed by atoms with E-state index in [0.717, 1.165) is 66.1 Å². The van der Waals surface area contributed by atoms with Crippen LogP contribution < -0.4 is 10.6 Å². The van der Waals surface area contributed by atoms with Crippen molar-refractivity contribution >= 4 is 34.1 Å². The van der Waals surface area contributed by atoms with Crippen molar-refractivity contribution in [3.05, 3.63) is 77.9 Å². The standard InChI is InChI=1S/C32H37N5O4/c1-32(2,3)18-23-17-28(29(34-23)30(38)40-4)36-31(39)35-27-12-11-24(25-7-5-6-8-26(25)27)21-9-10-22(33-19-21)20-37-13-15-41-16-14-37/h5-12,17,19,34H,13-16,18,20H2,1-4H3,(H2,35,36,39). The summed E-state index contributed by atoms with van der Waals surface area (Å²) in [6.07, 6.45) is 2.61. The van der Waals surface area contributed by atoms with Gasteiger partial charge >= 0.3 is 12.0 Å². The lowest BCUT2D eigenvalue weighted by atomic mass is 9.91. The van der Waals surface area contributed by atoms with Gasteiger partial charge in [0.1, 0.15) is 5.69 Å². The highest BCUT2D eigenvalue weighted by Crippen LogP contribution is 2.33. The monoisotopic (exact) mass is 555 g/mol. The summed E-state index contributed by atoms with van der Waals surface area (Å²) in [5, 5.41) is 7.68. The number of pyridine rings is 1. The molecule has 1 saturated heterocycles. The van der Waals surface area contributed by atoms with Crippen LogP contribution >= 0.6 is 0 Å². The van der Waals surface area contributed by atoms with E-state index in [2.05, 4.69) is 53.4 Å². The Balaban J connectivity index is 1.35. The van der Waals surface area contributed by atoms with Gasteiger partial charge in [-0.1, -0.05) is 57.2 Å². The summed E-state index contributed by atoms with van der Waals surface area (Å²) in [4.78, 5) is 35.7. The highest BCUT2D eigenvalue weighted by molar-refractivity contribution is 6.11. The number of aromatic amines is 1. The number of amides is 2. The molecule has 0 atom stereocenters. The zero-order chi connectivity index (χ0) is 29.0. The number of esters is 1. The summed E-state index contributed by atoms with van der Waals surface area (Å²) in [5.74, 6) is -0.542. The molecule has 0 aliphatic carbocycles. The van der Waals surface area contributed by atoms with Gasteiger partial charge in [0.2, 0.25) is 0 Å². The number of carbonyl (C=O) groups is 2. The van der Waals surface area contributed by atoms with E-state index in [1.165, 1.54) is 7.11 Å². The second-order valence-corrected chi connectivity index (χ2v) is 11.5. The number of rotatable bonds is 7. The molecule has 3 heterocycles. The molecule has 0 radical (unpaired) electrons. The van der Waals surface area contributed by atoms with Gasteiger partial charge in [0.15, 0.2) is 0 Å². The van der Waals surface area contributed by atoms with Crippen molar-refractivity contribution < 1.29 is 19.1 Å². The highest BCUT2D eigenvalue weighted by Gasteiger charge is 2.21. The molecule has 1 fully saturated rings. The van der Waals surface area contributed by atoms with Gasteiger partial charge in [-0.3, -0.25) is 9.88 Å². The second-order valence-electron chi connectivity index (χ2n) is 11.5. The summed E-state index contributed by atoms with van der Waals surface area (Å²) < 4.78 is 10.4. The van der Waals surface area contributed by atoms with Crippen LogP contribution in [-0.2, 0) is 22.4 Å². The zero-order valence-corrected chi connectivity index (χ0v) is 24.0. The van der Waals surface area contributed by atoms with Crippen LogP contribution in [0.2, 0.25) is 0 Å². The average Bonchev–Trinajstić information content (AvgIpc) is 3.34. The topological polar surface area (TPSA) is 109 Å². The summed E-state index contributed by atoms with van der Waals surface area (Å²) in [6.45, 7) is 10.5. The van der Waals surface area contributed by atoms with Crippen LogP contribution in [0, 0.1) is 5.41 Å². The number of benzene rings is 2. The van der Waals surface area contributed by atoms with E-state index in [4.69, 9.17) is 14.5 Å². The first-order valence-electron chi connectivity index (χ1n) is 13.9. The van der Waals surface area contributed by atoms with Gasteiger partial charge in [-0.15, -0.1) is 0 Å². The fourth-order valence-corrected chi connectivity index (χ4v) is 5.14. The van der Waals surface area contributed by atoms with Gasteiger partial charge in [-0.05, 0) is 41.0 Å². The number of anilines is 2. The Kier molecular flexibility index (Phi) is 8.37. The van der Waals surface area contributed by atoms with Crippen LogP contribution in [0.3, 0.4) is 0 Å². The molecule has 0 spiro atoms. The van der Waals surface area contributed by atoms with E-state index in [-0.39, 0.29) is 11.1 Å². The quantitative estimate of drug-likeness (QED) is 0.239. The van der Waals surface area contributed by atoms with Gasteiger partial charge in [-0.2, -0.15) is 0 Å². The number of hydrogen-bond donors (Lipinski definition) is 3. The van der Waals surface area contributed by atoms with Crippen LogP contribution in [0.15, 0.2) is 60.8 Å². The molecule has 9 nitrogen and oxygen atoms in total. The molecule has 1 aliphatic rings. The molecule has 41 heavy (non-hydrogen) atoms. The summed E-state index contributed by atoms with van der Waals surface area (Å²) in [6, 6.07) is 17.3. The molecule has 5 rings (SSSR count). The molecule has 214 valence electrons. The minimum atomic E-state index is -0.542. The Morgan fingerprint density at radius 1 is 1.00 bits per heavy atom. The van der Waals surface area contributed by atoms with Crippen LogP contribution in [0.1, 0.15) is 42.6 Å². The predicted octanol–water partition coefficient (Wildman–Crippen LogP) is 6.08. The number of morpholine rings is 1. The SMILES string of the molecule is COC(=O)c1[nH]c(CC(C)(C)C)cc1NC(=O)Nc1ccc(-c2ccc(CN3CCOCC3)nc2)c2ccccc12. The number of urea groups is 1. The molecule has 0 bridgehead atoms. The van der Waals surface area contributed by atoms with E-state index >= 15 is 0 Å². The number of fused-ring (bicyclic) bond motifs is 1. The largest absolute Gasteiger partial charge is 0.464 e. The first-order chi connectivity index (χ1) is 19.7. The number of hydrogen-bond acceptors (Lipinski definition) is 6. The second kappa shape index (κ2) is 12.1. The third kappa shape index (κ3) is 6.93. The third-order valence-corrected chi connectivity index (χ3v) is 7.03. The van der Waals surface area contributed by atoms with Crippen molar-refractivity contribution in [2.45, 2.75) is 33.7 Å². The number of ether oxygens (including phenoxy) is 2. The zero-order valence-electron chi connectivity index (χ0n) is 24.0. The molecule has 3 N–H and O–H groups in total. The number of nitrogens with one attached hydrogen (secondary N) is 3. The molecule has 0 unspecified atom stereocenters. The van der Waals surface area contributed by atoms with Crippen molar-refractivity contribution in [2.24, 2.45) is 5.41 Å². The number of H-pyrrole nitrogens is 1. The van der Waals surface area contributed by atoms with E-state index in [0.29, 0.717) is 17.8 Å². The van der Waals surface area contributed by atoms with Crippen molar-refractivity contribution in [2.75, 3.05) is 44.0 Å². The number of aromatic nitrogens is 2. The van der Waals surface area contributed by atoms with Gasteiger partial charge < -0.3 is 25.1 Å². The molecule has 2 aromatic carbocycles. The van der Waals surface area contributed by atoms with Crippen molar-refractivity contribution in [3.8, 4) is 11.1 Å². The number of nitrogens with zero attached hydrogens (tertiary/aromatic N) is 2. The molecule has 0 saturated carbocycles. The van der Waals surface area contributed by atoms with Crippen molar-refractivity contribution in [3.63, 3.8) is 0 Å². The van der Waals surface area contributed by atoms with E-state index in [1.54, 1.807) is 6.07 Å². The van der Waals surface area contributed by atoms with Crippen LogP contribution in [0.5, 0.6) is 0 Å². The number of methoxy groups -OCH3 is 1. The molecule has 2 amide bonds.